The van der Waals surface area contributed by atoms with Gasteiger partial charge in [-0.15, -0.1) is 0 Å². The Bertz CT molecular complexity index is 433. The van der Waals surface area contributed by atoms with E-state index in [-0.39, 0.29) is 5.56 Å². The van der Waals surface area contributed by atoms with Crippen LogP contribution >= 0.6 is 0 Å². The molecule has 0 unspecified atom stereocenters. The summed E-state index contributed by atoms with van der Waals surface area (Å²) in [6.07, 6.45) is 3.19. The smallest absolute Gasteiger partial charge is 0.279 e. The van der Waals surface area contributed by atoms with Gasteiger partial charge < -0.3 is 10.4 Å². The third-order valence-electron chi connectivity index (χ3n) is 1.43. The summed E-state index contributed by atoms with van der Waals surface area (Å²) in [5.41, 5.74) is 2.48. The lowest BCUT2D eigenvalue weighted by atomic mass is 10.4. The van der Waals surface area contributed by atoms with E-state index < -0.39 is 0 Å². The molecular formula is C6H6N4O. The average molecular weight is 150 g/mol. The molecule has 0 saturated carbocycles. The average Bonchev–Trinajstić information content (AvgIpc) is 2.06. The molecule has 0 fully saturated rings. The van der Waals surface area contributed by atoms with Crippen molar-refractivity contribution in [1.29, 1.82) is 0 Å². The molecule has 1 aromatic rings. The first kappa shape index (κ1) is 6.09. The second-order valence-electron chi connectivity index (χ2n) is 2.14. The van der Waals surface area contributed by atoms with Crippen LogP contribution in [0.5, 0.6) is 0 Å². The fourth-order valence-corrected chi connectivity index (χ4v) is 0.931. The van der Waals surface area contributed by atoms with Crippen molar-refractivity contribution in [3.05, 3.63) is 27.4 Å². The summed E-state index contributed by atoms with van der Waals surface area (Å²) in [5, 5.41) is 4.81. The molecule has 2 heterocycles. The zero-order valence-electron chi connectivity index (χ0n) is 5.66. The Hall–Kier alpha value is -1.65. The van der Waals surface area contributed by atoms with Gasteiger partial charge in [0.2, 0.25) is 0 Å². The normalized spacial score (nSPS) is 13.8. The van der Waals surface area contributed by atoms with Crippen LogP contribution in [0.25, 0.3) is 6.08 Å². The lowest BCUT2D eigenvalue weighted by Gasteiger charge is -1.98. The number of rotatable bonds is 0. The monoisotopic (exact) mass is 150 g/mol. The Morgan fingerprint density at radius 1 is 1.55 bits per heavy atom. The van der Waals surface area contributed by atoms with E-state index in [2.05, 4.69) is 20.5 Å². The van der Waals surface area contributed by atoms with Crippen LogP contribution in [0.3, 0.4) is 0 Å². The summed E-state index contributed by atoms with van der Waals surface area (Å²) in [7, 11) is 0. The van der Waals surface area contributed by atoms with Crippen molar-refractivity contribution in [1.82, 2.24) is 15.4 Å². The molecule has 2 rings (SSSR count). The van der Waals surface area contributed by atoms with Gasteiger partial charge in [0.05, 0.1) is 18.2 Å². The van der Waals surface area contributed by atoms with Gasteiger partial charge in [-0.05, 0) is 6.08 Å². The molecule has 1 aliphatic heterocycles. The zero-order valence-corrected chi connectivity index (χ0v) is 5.66. The van der Waals surface area contributed by atoms with E-state index >= 15 is 0 Å². The van der Waals surface area contributed by atoms with Crippen molar-refractivity contribution in [2.24, 2.45) is 5.10 Å². The van der Waals surface area contributed by atoms with Gasteiger partial charge in [-0.1, -0.05) is 0 Å². The number of aromatic nitrogens is 2. The molecule has 0 atom stereocenters. The fraction of sp³-hybridized carbons (Fsp3) is 0.167. The van der Waals surface area contributed by atoms with Gasteiger partial charge in [0.25, 0.3) is 5.56 Å². The minimum Gasteiger partial charge on any atom is -0.311 e. The predicted molar refractivity (Wildman–Crippen MR) is 38.1 cm³/mol. The highest BCUT2D eigenvalue weighted by Gasteiger charge is 1.96. The van der Waals surface area contributed by atoms with Crippen molar-refractivity contribution in [3.8, 4) is 0 Å². The Morgan fingerprint density at radius 2 is 2.45 bits per heavy atom. The molecule has 0 bridgehead atoms. The summed E-state index contributed by atoms with van der Waals surface area (Å²) in [6.45, 7) is 0.628. The van der Waals surface area contributed by atoms with Crippen LogP contribution < -0.4 is 21.7 Å². The molecule has 56 valence electrons. The van der Waals surface area contributed by atoms with Crippen molar-refractivity contribution in [3.63, 3.8) is 0 Å². The fourth-order valence-electron chi connectivity index (χ4n) is 0.931. The van der Waals surface area contributed by atoms with Crippen LogP contribution in [0.1, 0.15) is 0 Å². The van der Waals surface area contributed by atoms with Crippen molar-refractivity contribution < 1.29 is 0 Å². The van der Waals surface area contributed by atoms with E-state index in [0.29, 0.717) is 17.3 Å². The van der Waals surface area contributed by atoms with Gasteiger partial charge in [0.15, 0.2) is 5.36 Å². The minimum atomic E-state index is -0.210. The molecule has 2 N–H and O–H groups in total. The van der Waals surface area contributed by atoms with Crippen LogP contribution in [-0.2, 0) is 0 Å². The molecule has 0 spiro atoms. The largest absolute Gasteiger partial charge is 0.311 e. The molecule has 0 aromatic carbocycles. The molecule has 1 aliphatic rings. The highest BCUT2D eigenvalue weighted by molar-refractivity contribution is 5.20. The molecule has 11 heavy (non-hydrogen) atoms. The number of fused-ring (bicyclic) bond motifs is 1. The molecule has 5 heteroatoms. The van der Waals surface area contributed by atoms with E-state index in [4.69, 9.17) is 0 Å². The number of hydrogen-bond donors (Lipinski definition) is 2. The Balaban J connectivity index is 3.00. The van der Waals surface area contributed by atoms with Gasteiger partial charge in [-0.3, -0.25) is 4.79 Å². The number of nitrogens with zero attached hydrogens (tertiary/aromatic N) is 2. The third-order valence-corrected chi connectivity index (χ3v) is 1.43. The quantitative estimate of drug-likeness (QED) is 0.436. The highest BCUT2D eigenvalue weighted by atomic mass is 16.1. The molecule has 0 amide bonds. The van der Waals surface area contributed by atoms with Crippen LogP contribution in [0.2, 0.25) is 0 Å². The van der Waals surface area contributed by atoms with E-state index in [1.807, 2.05) is 6.08 Å². The first-order valence-electron chi connectivity index (χ1n) is 3.22. The maximum atomic E-state index is 11.0. The number of nitrogens with one attached hydrogen (secondary N) is 2. The second-order valence-corrected chi connectivity index (χ2v) is 2.14. The molecule has 1 aromatic heterocycles. The summed E-state index contributed by atoms with van der Waals surface area (Å²) < 4.78 is 0. The van der Waals surface area contributed by atoms with Crippen LogP contribution in [0.4, 0.5) is 0 Å². The summed E-state index contributed by atoms with van der Waals surface area (Å²) >= 11 is 0. The first-order chi connectivity index (χ1) is 5.38. The zero-order chi connectivity index (χ0) is 7.68. The summed E-state index contributed by atoms with van der Waals surface area (Å²) in [5.74, 6) is 0. The maximum absolute atomic E-state index is 11.0. The topological polar surface area (TPSA) is 70.1 Å². The van der Waals surface area contributed by atoms with Gasteiger partial charge in [0, 0.05) is 0 Å². The Morgan fingerprint density at radius 3 is 3.27 bits per heavy atom. The van der Waals surface area contributed by atoms with Crippen LogP contribution in [0.15, 0.2) is 16.2 Å². The van der Waals surface area contributed by atoms with E-state index in [1.54, 1.807) is 0 Å². The number of aromatic amines is 1. The SMILES string of the molecule is O=c1[nH]cnc2c1=NNCC=2. The standard InChI is InChI=1S/C6H6N4O/c11-6-5-4(7-3-8-6)1-2-9-10-5/h1,3,9H,2H2,(H,7,8,11). The molecule has 0 saturated heterocycles. The van der Waals surface area contributed by atoms with Gasteiger partial charge in [0.1, 0.15) is 0 Å². The van der Waals surface area contributed by atoms with Crippen molar-refractivity contribution in [2.75, 3.05) is 6.54 Å². The van der Waals surface area contributed by atoms with Crippen molar-refractivity contribution in [2.45, 2.75) is 0 Å². The Kier molecular flexibility index (Phi) is 1.21. The second kappa shape index (κ2) is 2.19. The first-order valence-corrected chi connectivity index (χ1v) is 3.22. The summed E-state index contributed by atoms with van der Waals surface area (Å²) in [4.78, 5) is 17.4. The van der Waals surface area contributed by atoms with Crippen molar-refractivity contribution >= 4 is 6.08 Å². The Labute approximate surface area is 61.5 Å². The minimum absolute atomic E-state index is 0.210. The molecular weight excluding hydrogens is 144 g/mol. The highest BCUT2D eigenvalue weighted by Crippen LogP contribution is 1.64. The number of hydrogen-bond acceptors (Lipinski definition) is 4. The number of H-pyrrole nitrogens is 1. The molecule has 0 radical (unpaired) electrons. The van der Waals surface area contributed by atoms with Gasteiger partial charge >= 0.3 is 0 Å². The van der Waals surface area contributed by atoms with E-state index in [9.17, 15) is 4.79 Å². The van der Waals surface area contributed by atoms with Crippen LogP contribution in [-0.4, -0.2) is 16.5 Å². The lowest BCUT2D eigenvalue weighted by Crippen LogP contribution is -2.46. The molecule has 0 aliphatic carbocycles. The predicted octanol–water partition coefficient (Wildman–Crippen LogP) is -2.31. The van der Waals surface area contributed by atoms with E-state index in [1.165, 1.54) is 6.33 Å². The van der Waals surface area contributed by atoms with Gasteiger partial charge in [-0.25, -0.2) is 4.98 Å². The maximum Gasteiger partial charge on any atom is 0.279 e. The summed E-state index contributed by atoms with van der Waals surface area (Å²) in [6, 6.07) is 0. The molecule has 5 nitrogen and oxygen atoms in total. The lowest BCUT2D eigenvalue weighted by molar-refractivity contribution is 0.767. The van der Waals surface area contributed by atoms with E-state index in [0.717, 1.165) is 0 Å². The third kappa shape index (κ3) is 0.899. The van der Waals surface area contributed by atoms with Gasteiger partial charge in [-0.2, -0.15) is 5.10 Å². The van der Waals surface area contributed by atoms with Crippen LogP contribution in [0, 0.1) is 0 Å².